The third kappa shape index (κ3) is 8.52. The third-order valence-electron chi connectivity index (χ3n) is 6.33. The second-order valence-corrected chi connectivity index (χ2v) is 10.00. The highest BCUT2D eigenvalue weighted by Gasteiger charge is 2.31. The second-order valence-electron chi connectivity index (χ2n) is 10.00. The lowest BCUT2D eigenvalue weighted by Gasteiger charge is -2.34. The van der Waals surface area contributed by atoms with E-state index >= 15 is 0 Å². The minimum absolute atomic E-state index is 0. The summed E-state index contributed by atoms with van der Waals surface area (Å²) >= 11 is 0. The molecule has 0 aromatic heterocycles. The molecule has 3 aliphatic heterocycles. The number of piperidine rings is 1. The summed E-state index contributed by atoms with van der Waals surface area (Å²) in [6, 6.07) is 0.605. The molecule has 8 nitrogen and oxygen atoms in total. The fourth-order valence-electron chi connectivity index (χ4n) is 4.75. The highest BCUT2D eigenvalue weighted by molar-refractivity contribution is 14.0. The van der Waals surface area contributed by atoms with E-state index in [4.69, 9.17) is 14.5 Å². The Balaban J connectivity index is 0.00000363. The van der Waals surface area contributed by atoms with Crippen LogP contribution in [0.3, 0.4) is 0 Å². The van der Waals surface area contributed by atoms with E-state index in [0.29, 0.717) is 12.0 Å². The molecule has 0 aromatic rings. The molecule has 0 bridgehead atoms. The average molecular weight is 566 g/mol. The number of carbonyl (C=O) groups excluding carboxylic acids is 1. The number of guanidine groups is 1. The fraction of sp³-hybridized carbons (Fsp3) is 0.913. The van der Waals surface area contributed by atoms with Crippen LogP contribution in [0.1, 0.15) is 53.4 Å². The Bertz CT molecular complexity index is 607. The van der Waals surface area contributed by atoms with Crippen LogP contribution in [0.15, 0.2) is 4.99 Å². The topological polar surface area (TPSA) is 69.6 Å². The standard InChI is InChI=1S/C23H43N5O3.HI/c1-5-24-21(27-12-9-20(18-27)26-13-15-30-16-14-26)25-10-8-19-7-6-11-28(17-19)22(29)31-23(2,3)4;/h19-20H,5-18H2,1-4H3,(H,24,25);1H. The summed E-state index contributed by atoms with van der Waals surface area (Å²) < 4.78 is 11.1. The van der Waals surface area contributed by atoms with Crippen molar-refractivity contribution in [2.24, 2.45) is 10.9 Å². The number of rotatable bonds is 5. The van der Waals surface area contributed by atoms with E-state index in [2.05, 4.69) is 22.0 Å². The van der Waals surface area contributed by atoms with Gasteiger partial charge in [-0.25, -0.2) is 4.79 Å². The highest BCUT2D eigenvalue weighted by atomic mass is 127. The van der Waals surface area contributed by atoms with Gasteiger partial charge in [-0.3, -0.25) is 9.89 Å². The molecular formula is C23H44IN5O3. The molecule has 9 heteroatoms. The van der Waals surface area contributed by atoms with Crippen LogP contribution < -0.4 is 5.32 Å². The smallest absolute Gasteiger partial charge is 0.410 e. The molecule has 3 aliphatic rings. The van der Waals surface area contributed by atoms with Crippen LogP contribution >= 0.6 is 24.0 Å². The first-order chi connectivity index (χ1) is 14.9. The SMILES string of the molecule is CCNC(=NCCC1CCCN(C(=O)OC(C)(C)C)C1)N1CCC(N2CCOCC2)C1.I. The number of likely N-dealkylation sites (tertiary alicyclic amines) is 2. The number of morpholine rings is 1. The lowest BCUT2D eigenvalue weighted by atomic mass is 9.95. The first kappa shape index (κ1) is 27.4. The molecule has 3 heterocycles. The molecule has 3 saturated heterocycles. The number of nitrogens with zero attached hydrogens (tertiary/aromatic N) is 4. The van der Waals surface area contributed by atoms with Crippen LogP contribution in [0.25, 0.3) is 0 Å². The molecule has 32 heavy (non-hydrogen) atoms. The summed E-state index contributed by atoms with van der Waals surface area (Å²) in [5.41, 5.74) is -0.441. The van der Waals surface area contributed by atoms with E-state index in [9.17, 15) is 4.79 Å². The van der Waals surface area contributed by atoms with E-state index in [1.54, 1.807) is 0 Å². The first-order valence-electron chi connectivity index (χ1n) is 12.2. The predicted octanol–water partition coefficient (Wildman–Crippen LogP) is 3.01. The van der Waals surface area contributed by atoms with Gasteiger partial charge in [0.25, 0.3) is 0 Å². The molecule has 3 fully saturated rings. The van der Waals surface area contributed by atoms with Crippen LogP contribution in [0, 0.1) is 5.92 Å². The number of carbonyl (C=O) groups is 1. The van der Waals surface area contributed by atoms with Gasteiger partial charge in [-0.15, -0.1) is 24.0 Å². The van der Waals surface area contributed by atoms with Crippen molar-refractivity contribution in [3.63, 3.8) is 0 Å². The number of hydrogen-bond donors (Lipinski definition) is 1. The molecule has 0 aliphatic carbocycles. The summed E-state index contributed by atoms with van der Waals surface area (Å²) in [4.78, 5) is 24.2. The van der Waals surface area contributed by atoms with Crippen molar-refractivity contribution in [2.45, 2.75) is 65.0 Å². The summed E-state index contributed by atoms with van der Waals surface area (Å²) in [6.45, 7) is 17.1. The number of ether oxygens (including phenoxy) is 2. The first-order valence-corrected chi connectivity index (χ1v) is 12.2. The largest absolute Gasteiger partial charge is 0.444 e. The van der Waals surface area contributed by atoms with Crippen molar-refractivity contribution in [3.8, 4) is 0 Å². The second kappa shape index (κ2) is 13.2. The Hall–Kier alpha value is -0.810. The molecule has 186 valence electrons. The summed E-state index contributed by atoms with van der Waals surface area (Å²) in [5, 5.41) is 3.49. The van der Waals surface area contributed by atoms with Crippen molar-refractivity contribution in [1.29, 1.82) is 0 Å². The number of hydrogen-bond acceptors (Lipinski definition) is 5. The lowest BCUT2D eigenvalue weighted by molar-refractivity contribution is 0.0163. The molecule has 0 radical (unpaired) electrons. The quantitative estimate of drug-likeness (QED) is 0.314. The van der Waals surface area contributed by atoms with Crippen LogP contribution in [0.4, 0.5) is 4.79 Å². The van der Waals surface area contributed by atoms with Crippen LogP contribution in [-0.2, 0) is 9.47 Å². The molecule has 0 aromatic carbocycles. The number of amides is 1. The zero-order valence-electron chi connectivity index (χ0n) is 20.5. The van der Waals surface area contributed by atoms with E-state index in [-0.39, 0.29) is 30.1 Å². The Morgan fingerprint density at radius 1 is 1.09 bits per heavy atom. The normalized spacial score (nSPS) is 25.4. The third-order valence-corrected chi connectivity index (χ3v) is 6.33. The van der Waals surface area contributed by atoms with Gasteiger partial charge in [0.1, 0.15) is 5.60 Å². The van der Waals surface area contributed by atoms with Crippen molar-refractivity contribution in [2.75, 3.05) is 65.6 Å². The lowest BCUT2D eigenvalue weighted by Crippen LogP contribution is -2.46. The summed E-state index contributed by atoms with van der Waals surface area (Å²) in [7, 11) is 0. The maximum atomic E-state index is 12.4. The van der Waals surface area contributed by atoms with E-state index < -0.39 is 5.60 Å². The van der Waals surface area contributed by atoms with Gasteiger partial charge in [0.05, 0.1) is 13.2 Å². The van der Waals surface area contributed by atoms with Crippen LogP contribution in [-0.4, -0.2) is 104 Å². The Morgan fingerprint density at radius 2 is 1.84 bits per heavy atom. The van der Waals surface area contributed by atoms with Gasteiger partial charge in [-0.05, 0) is 59.3 Å². The minimum Gasteiger partial charge on any atom is -0.444 e. The van der Waals surface area contributed by atoms with Gasteiger partial charge in [-0.1, -0.05) is 0 Å². The van der Waals surface area contributed by atoms with Gasteiger partial charge < -0.3 is 24.6 Å². The summed E-state index contributed by atoms with van der Waals surface area (Å²) in [6.07, 6.45) is 4.22. The fourth-order valence-corrected chi connectivity index (χ4v) is 4.75. The molecule has 2 unspecified atom stereocenters. The monoisotopic (exact) mass is 565 g/mol. The van der Waals surface area contributed by atoms with Crippen LogP contribution in [0.2, 0.25) is 0 Å². The van der Waals surface area contributed by atoms with Gasteiger partial charge in [0.15, 0.2) is 5.96 Å². The van der Waals surface area contributed by atoms with Crippen molar-refractivity contribution in [3.05, 3.63) is 0 Å². The number of aliphatic imine (C=N–C) groups is 1. The van der Waals surface area contributed by atoms with Crippen molar-refractivity contribution in [1.82, 2.24) is 20.0 Å². The summed E-state index contributed by atoms with van der Waals surface area (Å²) in [5.74, 6) is 1.53. The van der Waals surface area contributed by atoms with Crippen molar-refractivity contribution >= 4 is 36.0 Å². The molecular weight excluding hydrogens is 521 g/mol. The van der Waals surface area contributed by atoms with E-state index in [1.807, 2.05) is 25.7 Å². The maximum Gasteiger partial charge on any atom is 0.410 e. The highest BCUT2D eigenvalue weighted by Crippen LogP contribution is 2.22. The zero-order valence-corrected chi connectivity index (χ0v) is 22.8. The molecule has 0 spiro atoms. The minimum atomic E-state index is -0.441. The molecule has 3 rings (SSSR count). The van der Waals surface area contributed by atoms with Gasteiger partial charge in [0, 0.05) is 58.4 Å². The molecule has 0 saturated carbocycles. The Labute approximate surface area is 211 Å². The van der Waals surface area contributed by atoms with Gasteiger partial charge in [-0.2, -0.15) is 0 Å². The Morgan fingerprint density at radius 3 is 2.53 bits per heavy atom. The average Bonchev–Trinajstić information content (AvgIpc) is 3.23. The molecule has 2 atom stereocenters. The molecule has 1 amide bonds. The number of nitrogens with one attached hydrogen (secondary N) is 1. The zero-order chi connectivity index (χ0) is 22.3. The molecule has 1 N–H and O–H groups in total. The van der Waals surface area contributed by atoms with Crippen LogP contribution in [0.5, 0.6) is 0 Å². The number of halogens is 1. The van der Waals surface area contributed by atoms with E-state index in [0.717, 1.165) is 90.8 Å². The van der Waals surface area contributed by atoms with Gasteiger partial charge in [0.2, 0.25) is 0 Å². The predicted molar refractivity (Wildman–Crippen MR) is 139 cm³/mol. The Kier molecular flexibility index (Phi) is 11.3. The van der Waals surface area contributed by atoms with E-state index in [1.165, 1.54) is 6.42 Å². The maximum absolute atomic E-state index is 12.4. The van der Waals surface area contributed by atoms with Gasteiger partial charge >= 0.3 is 6.09 Å². The van der Waals surface area contributed by atoms with Crippen molar-refractivity contribution < 1.29 is 14.3 Å².